The molecule has 6 heteroatoms. The number of nitrogens with zero attached hydrogens (tertiary/aromatic N) is 2. The molecule has 4 nitrogen and oxygen atoms in total. The second-order valence-electron chi connectivity index (χ2n) is 3.85. The van der Waals surface area contributed by atoms with Crippen LogP contribution in [0.1, 0.15) is 23.1 Å². The lowest BCUT2D eigenvalue weighted by Crippen LogP contribution is -2.07. The van der Waals surface area contributed by atoms with Crippen LogP contribution in [0.2, 0.25) is 0 Å². The van der Waals surface area contributed by atoms with Crippen molar-refractivity contribution >= 4 is 6.29 Å². The Bertz CT molecular complexity index is 573. The zero-order valence-electron chi connectivity index (χ0n) is 10.3. The van der Waals surface area contributed by atoms with Gasteiger partial charge in [-0.2, -0.15) is 0 Å². The van der Waals surface area contributed by atoms with Crippen molar-refractivity contribution in [2.45, 2.75) is 20.1 Å². The Morgan fingerprint density at radius 3 is 2.63 bits per heavy atom. The van der Waals surface area contributed by atoms with Crippen molar-refractivity contribution in [3.8, 4) is 5.75 Å². The molecule has 0 spiro atoms. The molecular formula is C13H12F2N2O2. The monoisotopic (exact) mass is 266 g/mol. The number of benzene rings is 1. The molecule has 0 N–H and O–H groups in total. The third kappa shape index (κ3) is 2.78. The molecule has 0 radical (unpaired) electrons. The third-order valence-electron chi connectivity index (χ3n) is 2.64. The van der Waals surface area contributed by atoms with Crippen LogP contribution in [0, 0.1) is 11.6 Å². The van der Waals surface area contributed by atoms with E-state index in [-0.39, 0.29) is 12.2 Å². The number of aromatic nitrogens is 2. The molecule has 0 atom stereocenters. The maximum absolute atomic E-state index is 13.6. The SMILES string of the molecule is CCn1ccnc1COc1c(F)cc(C=O)cc1F. The number of halogens is 2. The van der Waals surface area contributed by atoms with E-state index in [0.29, 0.717) is 18.7 Å². The fraction of sp³-hybridized carbons (Fsp3) is 0.231. The lowest BCUT2D eigenvalue weighted by Gasteiger charge is -2.09. The van der Waals surface area contributed by atoms with Crippen LogP contribution in [0.15, 0.2) is 24.5 Å². The van der Waals surface area contributed by atoms with Crippen LogP contribution in [0.25, 0.3) is 0 Å². The summed E-state index contributed by atoms with van der Waals surface area (Å²) in [6, 6.07) is 1.86. The highest BCUT2D eigenvalue weighted by Crippen LogP contribution is 2.23. The summed E-state index contributed by atoms with van der Waals surface area (Å²) >= 11 is 0. The maximum Gasteiger partial charge on any atom is 0.191 e. The lowest BCUT2D eigenvalue weighted by molar-refractivity contribution is 0.112. The highest BCUT2D eigenvalue weighted by molar-refractivity contribution is 5.75. The summed E-state index contributed by atoms with van der Waals surface area (Å²) in [5.41, 5.74) is -0.0718. The highest BCUT2D eigenvalue weighted by atomic mass is 19.1. The topological polar surface area (TPSA) is 44.1 Å². The van der Waals surface area contributed by atoms with Crippen molar-refractivity contribution in [1.29, 1.82) is 0 Å². The molecule has 1 heterocycles. The normalized spacial score (nSPS) is 10.5. The maximum atomic E-state index is 13.6. The van der Waals surface area contributed by atoms with Crippen LogP contribution >= 0.6 is 0 Å². The molecular weight excluding hydrogens is 254 g/mol. The van der Waals surface area contributed by atoms with Crippen molar-refractivity contribution < 1.29 is 18.3 Å². The number of hydrogen-bond donors (Lipinski definition) is 0. The van der Waals surface area contributed by atoms with Gasteiger partial charge in [-0.3, -0.25) is 4.79 Å². The molecule has 0 bridgehead atoms. The largest absolute Gasteiger partial charge is 0.480 e. The number of imidazole rings is 1. The molecule has 2 aromatic rings. The Morgan fingerprint density at radius 2 is 2.05 bits per heavy atom. The van der Waals surface area contributed by atoms with Crippen molar-refractivity contribution in [3.05, 3.63) is 47.5 Å². The summed E-state index contributed by atoms with van der Waals surface area (Å²) in [4.78, 5) is 14.5. The average molecular weight is 266 g/mol. The summed E-state index contributed by atoms with van der Waals surface area (Å²) in [5.74, 6) is -1.74. The number of ether oxygens (including phenoxy) is 1. The van der Waals surface area contributed by atoms with E-state index < -0.39 is 17.4 Å². The molecule has 1 aromatic heterocycles. The minimum Gasteiger partial charge on any atom is -0.480 e. The average Bonchev–Trinajstić information content (AvgIpc) is 2.85. The molecule has 19 heavy (non-hydrogen) atoms. The first kappa shape index (κ1) is 13.2. The van der Waals surface area contributed by atoms with Gasteiger partial charge in [0.1, 0.15) is 18.7 Å². The molecule has 0 amide bonds. The standard InChI is InChI=1S/C13H12F2N2O2/c1-2-17-4-3-16-12(17)8-19-13-10(14)5-9(7-18)6-11(13)15/h3-7H,2,8H2,1H3. The summed E-state index contributed by atoms with van der Waals surface area (Å²) in [7, 11) is 0. The van der Waals surface area contributed by atoms with Gasteiger partial charge in [-0.15, -0.1) is 0 Å². The molecule has 0 saturated carbocycles. The van der Waals surface area contributed by atoms with Gasteiger partial charge < -0.3 is 9.30 Å². The van der Waals surface area contributed by atoms with Gasteiger partial charge in [0.2, 0.25) is 0 Å². The first-order valence-corrected chi connectivity index (χ1v) is 5.72. The number of rotatable bonds is 5. The number of aryl methyl sites for hydroxylation is 1. The van der Waals surface area contributed by atoms with E-state index in [2.05, 4.69) is 4.98 Å². The van der Waals surface area contributed by atoms with Crippen LogP contribution in [0.3, 0.4) is 0 Å². The predicted octanol–water partition coefficient (Wildman–Crippen LogP) is 2.57. The van der Waals surface area contributed by atoms with Crippen LogP contribution in [-0.2, 0) is 13.2 Å². The minimum atomic E-state index is -0.906. The number of carbonyl (C=O) groups is 1. The van der Waals surface area contributed by atoms with Gasteiger partial charge in [0.15, 0.2) is 17.4 Å². The van der Waals surface area contributed by atoms with E-state index >= 15 is 0 Å². The van der Waals surface area contributed by atoms with Crippen LogP contribution in [0.4, 0.5) is 8.78 Å². The van der Waals surface area contributed by atoms with Crippen LogP contribution in [-0.4, -0.2) is 15.8 Å². The second-order valence-corrected chi connectivity index (χ2v) is 3.85. The molecule has 1 aromatic carbocycles. The zero-order chi connectivity index (χ0) is 13.8. The van der Waals surface area contributed by atoms with E-state index in [0.717, 1.165) is 12.1 Å². The molecule has 2 rings (SSSR count). The van der Waals surface area contributed by atoms with Crippen LogP contribution < -0.4 is 4.74 Å². The fourth-order valence-corrected chi connectivity index (χ4v) is 1.69. The van der Waals surface area contributed by atoms with Crippen molar-refractivity contribution in [1.82, 2.24) is 9.55 Å². The molecule has 0 fully saturated rings. The van der Waals surface area contributed by atoms with Gasteiger partial charge in [-0.05, 0) is 19.1 Å². The number of aldehydes is 1. The summed E-state index contributed by atoms with van der Waals surface area (Å²) in [6.45, 7) is 2.56. The van der Waals surface area contributed by atoms with Crippen molar-refractivity contribution in [2.24, 2.45) is 0 Å². The zero-order valence-corrected chi connectivity index (χ0v) is 10.3. The molecule has 0 aliphatic carbocycles. The Hall–Kier alpha value is -2.24. The highest BCUT2D eigenvalue weighted by Gasteiger charge is 2.13. The third-order valence-corrected chi connectivity index (χ3v) is 2.64. The van der Waals surface area contributed by atoms with Crippen LogP contribution in [0.5, 0.6) is 5.75 Å². The Morgan fingerprint density at radius 1 is 1.37 bits per heavy atom. The van der Waals surface area contributed by atoms with Gasteiger partial charge >= 0.3 is 0 Å². The molecule has 0 aliphatic rings. The molecule has 0 saturated heterocycles. The fourth-order valence-electron chi connectivity index (χ4n) is 1.69. The predicted molar refractivity (Wildman–Crippen MR) is 64.0 cm³/mol. The first-order chi connectivity index (χ1) is 9.15. The summed E-state index contributed by atoms with van der Waals surface area (Å²) < 4.78 is 34.0. The van der Waals surface area contributed by atoms with Crippen molar-refractivity contribution in [2.75, 3.05) is 0 Å². The first-order valence-electron chi connectivity index (χ1n) is 5.72. The van der Waals surface area contributed by atoms with E-state index in [1.807, 2.05) is 6.92 Å². The van der Waals surface area contributed by atoms with Gasteiger partial charge in [0.25, 0.3) is 0 Å². The lowest BCUT2D eigenvalue weighted by atomic mass is 10.2. The summed E-state index contributed by atoms with van der Waals surface area (Å²) in [5, 5.41) is 0. The Labute approximate surface area is 108 Å². The second kappa shape index (κ2) is 5.60. The molecule has 0 aliphatic heterocycles. The van der Waals surface area contributed by atoms with Gasteiger partial charge in [0.05, 0.1) is 0 Å². The Kier molecular flexibility index (Phi) is 3.89. The van der Waals surface area contributed by atoms with Gasteiger partial charge in [0, 0.05) is 24.5 Å². The van der Waals surface area contributed by atoms with E-state index in [1.165, 1.54) is 0 Å². The Balaban J connectivity index is 2.18. The molecule has 100 valence electrons. The van der Waals surface area contributed by atoms with Crippen molar-refractivity contribution in [3.63, 3.8) is 0 Å². The quantitative estimate of drug-likeness (QED) is 0.781. The number of hydrogen-bond acceptors (Lipinski definition) is 3. The molecule has 0 unspecified atom stereocenters. The van der Waals surface area contributed by atoms with Gasteiger partial charge in [-0.1, -0.05) is 0 Å². The number of carbonyl (C=O) groups excluding carboxylic acids is 1. The minimum absolute atomic E-state index is 0.0465. The van der Waals surface area contributed by atoms with E-state index in [9.17, 15) is 13.6 Å². The van der Waals surface area contributed by atoms with E-state index in [1.54, 1.807) is 17.0 Å². The summed E-state index contributed by atoms with van der Waals surface area (Å²) in [6.07, 6.45) is 3.71. The van der Waals surface area contributed by atoms with Gasteiger partial charge in [-0.25, -0.2) is 13.8 Å². The smallest absolute Gasteiger partial charge is 0.191 e. The van der Waals surface area contributed by atoms with E-state index in [4.69, 9.17) is 4.74 Å².